The van der Waals surface area contributed by atoms with Gasteiger partial charge in [0.15, 0.2) is 17.3 Å². The molecular weight excluding hydrogens is 502 g/mol. The number of hydrogen-bond acceptors (Lipinski definition) is 5. The van der Waals surface area contributed by atoms with Gasteiger partial charge in [-0.15, -0.1) is 0 Å². The largest absolute Gasteiger partial charge is 0.486 e. The normalized spacial score (nSPS) is 24.3. The monoisotopic (exact) mass is 529 g/mol. The third kappa shape index (κ3) is 5.01. The maximum Gasteiger partial charge on any atom is 0.396 e. The number of anilines is 2. The number of ether oxygens (including phenoxy) is 1. The predicted molar refractivity (Wildman–Crippen MR) is 126 cm³/mol. The molecule has 1 amide bonds. The molecule has 0 bridgehead atoms. The van der Waals surface area contributed by atoms with Gasteiger partial charge in [0.05, 0.1) is 11.1 Å². The van der Waals surface area contributed by atoms with E-state index in [1.807, 2.05) is 0 Å². The van der Waals surface area contributed by atoms with Gasteiger partial charge in [-0.3, -0.25) is 4.79 Å². The summed E-state index contributed by atoms with van der Waals surface area (Å²) in [5, 5.41) is 2.37. The van der Waals surface area contributed by atoms with Crippen molar-refractivity contribution >= 4 is 29.2 Å². The van der Waals surface area contributed by atoms with E-state index in [9.17, 15) is 22.4 Å². The topological polar surface area (TPSA) is 67.6 Å². The Morgan fingerprint density at radius 2 is 1.89 bits per heavy atom. The Morgan fingerprint density at radius 1 is 1.22 bits per heavy atom. The summed E-state index contributed by atoms with van der Waals surface area (Å²) in [5.41, 5.74) is -0.459. The lowest BCUT2D eigenvalue weighted by molar-refractivity contribution is -0.130. The molecule has 0 spiro atoms. The zero-order valence-electron chi connectivity index (χ0n) is 20.1. The van der Waals surface area contributed by atoms with E-state index in [4.69, 9.17) is 20.8 Å². The molecule has 3 fully saturated rings. The third-order valence-electron chi connectivity index (χ3n) is 7.83. The summed E-state index contributed by atoms with van der Waals surface area (Å²) < 4.78 is 65.5. The number of benzene rings is 1. The zero-order chi connectivity index (χ0) is 25.8. The Hall–Kier alpha value is -2.49. The number of carbonyl (C=O) groups excluding carboxylic acids is 1. The van der Waals surface area contributed by atoms with E-state index in [-0.39, 0.29) is 34.0 Å². The predicted octanol–water partition coefficient (Wildman–Crippen LogP) is 6.63. The van der Waals surface area contributed by atoms with Crippen LogP contribution in [0.5, 0.6) is 5.75 Å². The number of fused-ring (bicyclic) bond motifs is 1. The molecule has 1 N–H and O–H groups in total. The molecule has 3 aliphatic rings. The molecule has 3 atom stereocenters. The number of amides is 1. The molecule has 2 aliphatic carbocycles. The quantitative estimate of drug-likeness (QED) is 0.389. The van der Waals surface area contributed by atoms with Crippen LogP contribution in [0.1, 0.15) is 62.2 Å². The average molecular weight is 530 g/mol. The molecule has 1 aliphatic heterocycles. The van der Waals surface area contributed by atoms with E-state index in [0.29, 0.717) is 24.9 Å². The lowest BCUT2D eigenvalue weighted by atomic mass is 9.75. The number of nitrogens with zero attached hydrogens (tertiary/aromatic N) is 2. The van der Waals surface area contributed by atoms with E-state index >= 15 is 0 Å². The van der Waals surface area contributed by atoms with E-state index in [1.54, 1.807) is 4.90 Å². The molecule has 2 saturated carbocycles. The highest BCUT2D eigenvalue weighted by Gasteiger charge is 2.47. The van der Waals surface area contributed by atoms with Crippen molar-refractivity contribution in [1.82, 2.24) is 4.98 Å². The van der Waals surface area contributed by atoms with Crippen LogP contribution in [0, 0.1) is 23.1 Å². The van der Waals surface area contributed by atoms with Crippen LogP contribution in [0.3, 0.4) is 0 Å². The van der Waals surface area contributed by atoms with Crippen LogP contribution < -0.4 is 15.0 Å². The second-order valence-corrected chi connectivity index (χ2v) is 10.7. The van der Waals surface area contributed by atoms with Gasteiger partial charge in [-0.25, -0.2) is 4.39 Å². The Morgan fingerprint density at radius 3 is 2.47 bits per heavy atom. The van der Waals surface area contributed by atoms with Crippen molar-refractivity contribution in [3.63, 3.8) is 0 Å². The summed E-state index contributed by atoms with van der Waals surface area (Å²) in [4.78, 5) is 18.7. The molecular formula is C25H28ClF4N3O3. The molecule has 1 aromatic heterocycles. The summed E-state index contributed by atoms with van der Waals surface area (Å²) >= 11 is 6.23. The van der Waals surface area contributed by atoms with Gasteiger partial charge >= 0.3 is 6.18 Å². The highest BCUT2D eigenvalue weighted by atomic mass is 35.5. The maximum atomic E-state index is 14.8. The first-order valence-corrected chi connectivity index (χ1v) is 12.7. The van der Waals surface area contributed by atoms with Crippen LogP contribution in [-0.4, -0.2) is 36.3 Å². The Labute approximate surface area is 211 Å². The summed E-state index contributed by atoms with van der Waals surface area (Å²) in [6, 6.07) is 2.31. The molecule has 1 saturated heterocycles. The average Bonchev–Trinajstić information content (AvgIpc) is 3.17. The first-order chi connectivity index (χ1) is 17.0. The van der Waals surface area contributed by atoms with Crippen molar-refractivity contribution in [3.05, 3.63) is 34.4 Å². The Bertz CT molecular complexity index is 1120. The fourth-order valence-electron chi connectivity index (χ4n) is 5.41. The number of halogens is 5. The van der Waals surface area contributed by atoms with Crippen molar-refractivity contribution in [2.75, 3.05) is 23.3 Å². The minimum Gasteiger partial charge on any atom is -0.486 e. The van der Waals surface area contributed by atoms with Crippen LogP contribution >= 0.6 is 11.6 Å². The summed E-state index contributed by atoms with van der Waals surface area (Å²) in [6.45, 7) is 5.28. The molecule has 6 nitrogen and oxygen atoms in total. The van der Waals surface area contributed by atoms with E-state index in [0.717, 1.165) is 31.7 Å². The molecule has 2 aromatic rings. The number of rotatable bonds is 8. The zero-order valence-corrected chi connectivity index (χ0v) is 20.8. The number of alkyl halides is 3. The van der Waals surface area contributed by atoms with Crippen LogP contribution in [0.4, 0.5) is 29.3 Å². The minimum absolute atomic E-state index is 0.0217. The van der Waals surface area contributed by atoms with Crippen LogP contribution in [0.25, 0.3) is 0 Å². The number of carbonyl (C=O) groups is 1. The molecule has 1 aromatic carbocycles. The van der Waals surface area contributed by atoms with Gasteiger partial charge in [-0.2, -0.15) is 18.2 Å². The molecule has 5 rings (SSSR count). The second-order valence-electron chi connectivity index (χ2n) is 10.3. The Kier molecular flexibility index (Phi) is 6.37. The van der Waals surface area contributed by atoms with Gasteiger partial charge in [0, 0.05) is 30.3 Å². The van der Waals surface area contributed by atoms with Gasteiger partial charge in [0.1, 0.15) is 12.2 Å². The fourth-order valence-corrected chi connectivity index (χ4v) is 5.66. The maximum absolute atomic E-state index is 14.8. The van der Waals surface area contributed by atoms with Crippen LogP contribution in [-0.2, 0) is 6.42 Å². The Balaban J connectivity index is 1.32. The van der Waals surface area contributed by atoms with Crippen molar-refractivity contribution in [1.29, 1.82) is 0 Å². The van der Waals surface area contributed by atoms with Crippen LogP contribution in [0.2, 0.25) is 5.02 Å². The van der Waals surface area contributed by atoms with E-state index in [1.165, 1.54) is 12.5 Å². The van der Waals surface area contributed by atoms with Crippen molar-refractivity contribution < 1.29 is 31.5 Å². The van der Waals surface area contributed by atoms with E-state index < -0.39 is 35.8 Å². The summed E-state index contributed by atoms with van der Waals surface area (Å²) in [5.74, 6) is -1.09. The van der Waals surface area contributed by atoms with Crippen LogP contribution in [0.15, 0.2) is 16.5 Å². The smallest absolute Gasteiger partial charge is 0.396 e. The first-order valence-electron chi connectivity index (χ1n) is 12.3. The second kappa shape index (κ2) is 9.11. The molecule has 2 unspecified atom stereocenters. The van der Waals surface area contributed by atoms with Gasteiger partial charge in [0.25, 0.3) is 11.9 Å². The number of hydrogen-bond donors (Lipinski definition) is 1. The summed E-state index contributed by atoms with van der Waals surface area (Å²) in [7, 11) is 0. The first kappa shape index (κ1) is 25.2. The lowest BCUT2D eigenvalue weighted by Crippen LogP contribution is -2.56. The SMILES string of the molecule is CCC1(CC)CN(c2nc(C(=O)Nc3cc(F)c(OC4CC5C[C@@H]5C4)c(Cl)c3)c(CC(F)(F)F)o2)C1. The lowest BCUT2D eigenvalue weighted by Gasteiger charge is -2.49. The van der Waals surface area contributed by atoms with Crippen molar-refractivity contribution in [2.45, 2.75) is 64.7 Å². The van der Waals surface area contributed by atoms with Gasteiger partial charge < -0.3 is 19.4 Å². The van der Waals surface area contributed by atoms with Gasteiger partial charge in [0.2, 0.25) is 0 Å². The molecule has 0 radical (unpaired) electrons. The number of aromatic nitrogens is 1. The number of oxazole rings is 1. The van der Waals surface area contributed by atoms with E-state index in [2.05, 4.69) is 24.1 Å². The minimum atomic E-state index is -4.60. The molecule has 196 valence electrons. The molecule has 36 heavy (non-hydrogen) atoms. The van der Waals surface area contributed by atoms with Crippen molar-refractivity contribution in [3.8, 4) is 5.75 Å². The third-order valence-corrected chi connectivity index (χ3v) is 8.11. The van der Waals surface area contributed by atoms with Crippen molar-refractivity contribution in [2.24, 2.45) is 17.3 Å². The van der Waals surface area contributed by atoms with Gasteiger partial charge in [-0.1, -0.05) is 25.4 Å². The highest BCUT2D eigenvalue weighted by molar-refractivity contribution is 6.32. The fraction of sp³-hybridized carbons (Fsp3) is 0.600. The molecule has 11 heteroatoms. The summed E-state index contributed by atoms with van der Waals surface area (Å²) in [6.07, 6.45) is -1.40. The number of nitrogens with one attached hydrogen (secondary N) is 1. The standard InChI is InChI=1S/C25H28ClF4N3O3/c1-3-24(4-2)11-33(12-24)23-32-20(19(36-23)10-25(28,29)30)22(34)31-15-8-17(26)21(18(27)9-15)35-16-6-13-5-14(13)7-16/h8-9,13-14,16H,3-7,10-12H2,1-2H3,(H,31,34)/t13-,14?,16?/m1/s1. The molecule has 2 heterocycles. The van der Waals surface area contributed by atoms with Gasteiger partial charge in [-0.05, 0) is 50.0 Å². The highest BCUT2D eigenvalue weighted by Crippen LogP contribution is 2.53.